The predicted octanol–water partition coefficient (Wildman–Crippen LogP) is 14.7. The molecular formula is C59H83F5O6. The van der Waals surface area contributed by atoms with Crippen LogP contribution in [0, 0.1) is 52.3 Å². The van der Waals surface area contributed by atoms with Crippen molar-refractivity contribution in [3.63, 3.8) is 0 Å². The second-order valence-electron chi connectivity index (χ2n) is 22.7. The van der Waals surface area contributed by atoms with E-state index < -0.39 is 30.4 Å². The SMILES string of the molecule is C=CC[C@@H]1Cc2cc(OC)ccc2C2CC[C@@]3(C)C(CC[C@@H]3O)C21.CCOC(=O)C(CCCCCCC=CC[C@@H]1Cc2cc(OC)ccc2C2CC[C@@]3(C)C(CC[C@@H]3O)C21)CCCC(F)(F)C(F)(F)F. The lowest BCUT2D eigenvalue weighted by atomic mass is 9.52. The Morgan fingerprint density at radius 3 is 1.74 bits per heavy atom. The molecule has 2 aromatic carbocycles. The van der Waals surface area contributed by atoms with Crippen molar-refractivity contribution in [3.8, 4) is 11.5 Å². The Labute approximate surface area is 415 Å². The predicted molar refractivity (Wildman–Crippen MR) is 266 cm³/mol. The minimum absolute atomic E-state index is 0.00748. The number of hydrogen-bond donors (Lipinski definition) is 2. The van der Waals surface area contributed by atoms with Gasteiger partial charge in [-0.15, -0.1) is 6.58 Å². The standard InChI is InChI=1S/C37H53F5O4.C22H30O2/c1-4-46-34(44)25(15-12-21-36(38,39)37(40,41)42)13-10-8-6-5-7-9-11-14-26-23-27-24-28(45-3)16-17-29(27)30-20-22-35(2)31(33(26)30)18-19-32(35)43;1-4-5-14-12-15-13-16(24-3)6-7-17(15)18-10-11-22(2)19(21(14)18)8-9-20(22)23/h9,11,16-17,24-26,30-33,43H,4-8,10,12-15,18-23H2,1-3H3;4,6-7,13-14,18-21,23H,1,5,8-12H2,2-3H3/t25?,26-,30?,31?,32+,33?,35+;14-,18?,19?,20+,21?,22+/m11/s1. The topological polar surface area (TPSA) is 85.2 Å². The van der Waals surface area contributed by atoms with E-state index in [2.05, 4.69) is 75.1 Å². The molecule has 4 saturated carbocycles. The summed E-state index contributed by atoms with van der Waals surface area (Å²) in [7, 11) is 3.46. The van der Waals surface area contributed by atoms with E-state index in [4.69, 9.17) is 14.2 Å². The van der Waals surface area contributed by atoms with Gasteiger partial charge >= 0.3 is 18.1 Å². The van der Waals surface area contributed by atoms with E-state index in [-0.39, 0.29) is 42.5 Å². The van der Waals surface area contributed by atoms with E-state index in [0.717, 1.165) is 101 Å². The molecule has 6 nitrogen and oxygen atoms in total. The van der Waals surface area contributed by atoms with Gasteiger partial charge in [0.15, 0.2) is 0 Å². The van der Waals surface area contributed by atoms with Gasteiger partial charge in [0.1, 0.15) is 11.5 Å². The molecule has 4 fully saturated rings. The normalized spacial score (nSPS) is 32.5. The number of halogens is 5. The van der Waals surface area contributed by atoms with E-state index in [0.29, 0.717) is 60.2 Å². The van der Waals surface area contributed by atoms with E-state index in [1.54, 1.807) is 26.7 Å². The molecule has 70 heavy (non-hydrogen) atoms. The van der Waals surface area contributed by atoms with E-state index >= 15 is 0 Å². The zero-order valence-corrected chi connectivity index (χ0v) is 42.7. The highest BCUT2D eigenvalue weighted by atomic mass is 19.4. The number of allylic oxidation sites excluding steroid dienone is 3. The Kier molecular flexibility index (Phi) is 18.0. The summed E-state index contributed by atoms with van der Waals surface area (Å²) in [6, 6.07) is 13.3. The molecule has 0 spiro atoms. The molecule has 6 aliphatic rings. The summed E-state index contributed by atoms with van der Waals surface area (Å²) in [5, 5.41) is 21.5. The van der Waals surface area contributed by atoms with Gasteiger partial charge in [0.25, 0.3) is 0 Å². The van der Waals surface area contributed by atoms with Crippen molar-refractivity contribution in [2.45, 2.75) is 192 Å². The molecule has 0 bridgehead atoms. The highest BCUT2D eigenvalue weighted by molar-refractivity contribution is 5.72. The van der Waals surface area contributed by atoms with Gasteiger partial charge in [0.2, 0.25) is 0 Å². The fraction of sp³-hybridized carbons (Fsp3) is 0.712. The summed E-state index contributed by atoms with van der Waals surface area (Å²) < 4.78 is 80.1. The highest BCUT2D eigenvalue weighted by Crippen LogP contribution is 2.64. The number of carbonyl (C=O) groups excluding carboxylic acids is 1. The van der Waals surface area contributed by atoms with Crippen LogP contribution in [0.5, 0.6) is 11.5 Å². The lowest BCUT2D eigenvalue weighted by Gasteiger charge is -2.53. The van der Waals surface area contributed by atoms with Gasteiger partial charge in [-0.05, 0) is 221 Å². The summed E-state index contributed by atoms with van der Waals surface area (Å²) in [4.78, 5) is 12.3. The van der Waals surface area contributed by atoms with Gasteiger partial charge < -0.3 is 24.4 Å². The summed E-state index contributed by atoms with van der Waals surface area (Å²) in [6.45, 7) is 10.5. The quantitative estimate of drug-likeness (QED) is 0.0631. The number of unbranched alkanes of at least 4 members (excludes halogenated alkanes) is 4. The number of ether oxygens (including phenoxy) is 3. The van der Waals surface area contributed by atoms with E-state index in [1.165, 1.54) is 29.5 Å². The first-order chi connectivity index (χ1) is 33.4. The first-order valence-electron chi connectivity index (χ1n) is 27.0. The van der Waals surface area contributed by atoms with Gasteiger partial charge in [0.05, 0.1) is 39.0 Å². The van der Waals surface area contributed by atoms with Crippen LogP contribution < -0.4 is 9.47 Å². The Morgan fingerprint density at radius 1 is 0.729 bits per heavy atom. The number of alkyl halides is 5. The maximum absolute atomic E-state index is 13.3. The lowest BCUT2D eigenvalue weighted by molar-refractivity contribution is -0.284. The van der Waals surface area contributed by atoms with Crippen molar-refractivity contribution in [1.29, 1.82) is 0 Å². The molecule has 2 N–H and O–H groups in total. The molecule has 13 atom stereocenters. The van der Waals surface area contributed by atoms with Crippen molar-refractivity contribution in [2.24, 2.45) is 52.3 Å². The maximum atomic E-state index is 13.3. The molecule has 11 heteroatoms. The van der Waals surface area contributed by atoms with E-state index in [1.807, 2.05) is 0 Å². The number of benzene rings is 2. The van der Waals surface area contributed by atoms with Crippen molar-refractivity contribution >= 4 is 5.97 Å². The number of esters is 1. The fourth-order valence-corrected chi connectivity index (χ4v) is 15.1. The average molecular weight is 983 g/mol. The van der Waals surface area contributed by atoms with Crippen LogP contribution in [0.25, 0.3) is 0 Å². The third-order valence-electron chi connectivity index (χ3n) is 18.9. The summed E-state index contributed by atoms with van der Waals surface area (Å²) in [5.41, 5.74) is 6.03. The third kappa shape index (κ3) is 11.5. The molecule has 0 aromatic heterocycles. The largest absolute Gasteiger partial charge is 0.497 e. The van der Waals surface area contributed by atoms with Crippen LogP contribution in [0.1, 0.15) is 177 Å². The molecule has 0 amide bonds. The van der Waals surface area contributed by atoms with Gasteiger partial charge in [-0.2, -0.15) is 22.0 Å². The van der Waals surface area contributed by atoms with Crippen LogP contribution in [0.3, 0.4) is 0 Å². The summed E-state index contributed by atoms with van der Waals surface area (Å²) in [6.07, 6.45) is 16.9. The Balaban J connectivity index is 0.000000250. The van der Waals surface area contributed by atoms with Crippen molar-refractivity contribution in [1.82, 2.24) is 0 Å². The van der Waals surface area contributed by atoms with Crippen molar-refractivity contribution in [3.05, 3.63) is 83.5 Å². The molecule has 8 rings (SSSR count). The highest BCUT2D eigenvalue weighted by Gasteiger charge is 2.59. The summed E-state index contributed by atoms with van der Waals surface area (Å²) in [5.74, 6) is 0.758. The average Bonchev–Trinajstić information content (AvgIpc) is 3.81. The molecule has 7 unspecified atom stereocenters. The smallest absolute Gasteiger partial charge is 0.453 e. The molecule has 2 aromatic rings. The van der Waals surface area contributed by atoms with Crippen LogP contribution in [-0.4, -0.2) is 61.3 Å². The van der Waals surface area contributed by atoms with Gasteiger partial charge in [-0.3, -0.25) is 4.79 Å². The Morgan fingerprint density at radius 2 is 1.24 bits per heavy atom. The second kappa shape index (κ2) is 23.2. The Hall–Kier alpha value is -3.44. The van der Waals surface area contributed by atoms with Crippen LogP contribution in [-0.2, 0) is 22.4 Å². The monoisotopic (exact) mass is 983 g/mol. The van der Waals surface area contributed by atoms with E-state index in [9.17, 15) is 37.0 Å². The van der Waals surface area contributed by atoms with Crippen LogP contribution in [0.4, 0.5) is 22.0 Å². The number of carbonyl (C=O) groups is 1. The number of fused-ring (bicyclic) bond motifs is 10. The second-order valence-corrected chi connectivity index (χ2v) is 22.7. The zero-order chi connectivity index (χ0) is 50.4. The zero-order valence-electron chi connectivity index (χ0n) is 42.7. The number of aliphatic hydroxyl groups is 2. The number of hydrogen-bond acceptors (Lipinski definition) is 6. The first kappa shape index (κ1) is 54.3. The molecule has 0 radical (unpaired) electrons. The molecule has 0 aliphatic heterocycles. The lowest BCUT2D eigenvalue weighted by Crippen LogP contribution is -2.47. The van der Waals surface area contributed by atoms with Crippen molar-refractivity contribution in [2.75, 3.05) is 20.8 Å². The first-order valence-corrected chi connectivity index (χ1v) is 27.0. The number of methoxy groups -OCH3 is 2. The molecule has 390 valence electrons. The third-order valence-corrected chi connectivity index (χ3v) is 18.9. The van der Waals surface area contributed by atoms with Crippen LogP contribution in [0.15, 0.2) is 61.2 Å². The molecular weight excluding hydrogens is 900 g/mol. The minimum Gasteiger partial charge on any atom is -0.497 e. The van der Waals surface area contributed by atoms with Crippen LogP contribution in [0.2, 0.25) is 0 Å². The summed E-state index contributed by atoms with van der Waals surface area (Å²) >= 11 is 0. The number of aliphatic hydroxyl groups excluding tert-OH is 2. The van der Waals surface area contributed by atoms with Gasteiger partial charge in [-0.1, -0.05) is 63.5 Å². The minimum atomic E-state index is -5.57. The molecule has 6 aliphatic carbocycles. The maximum Gasteiger partial charge on any atom is 0.453 e. The Bertz CT molecular complexity index is 2090. The van der Waals surface area contributed by atoms with Gasteiger partial charge in [0, 0.05) is 6.42 Å². The van der Waals surface area contributed by atoms with Crippen molar-refractivity contribution < 1.29 is 51.2 Å². The molecule has 0 saturated heterocycles. The van der Waals surface area contributed by atoms with Gasteiger partial charge in [-0.25, -0.2) is 0 Å². The van der Waals surface area contributed by atoms with Crippen LogP contribution >= 0.6 is 0 Å². The number of rotatable bonds is 19. The molecule has 0 heterocycles. The fourth-order valence-electron chi connectivity index (χ4n) is 15.1.